The molecular formula is C17H17BrO3. The molecule has 0 aliphatic heterocycles. The molecule has 0 saturated carbocycles. The quantitative estimate of drug-likeness (QED) is 0.772. The fourth-order valence-electron chi connectivity index (χ4n) is 2.11. The van der Waals surface area contributed by atoms with Gasteiger partial charge in [0.15, 0.2) is 17.3 Å². The molecule has 2 rings (SSSR count). The zero-order chi connectivity index (χ0) is 15.6. The van der Waals surface area contributed by atoms with Gasteiger partial charge in [0, 0.05) is 15.6 Å². The Morgan fingerprint density at radius 3 is 2.14 bits per heavy atom. The van der Waals surface area contributed by atoms with Crippen LogP contribution in [-0.4, -0.2) is 20.0 Å². The number of carbonyl (C=O) groups is 1. The van der Waals surface area contributed by atoms with Crippen LogP contribution in [0.25, 0.3) is 0 Å². The summed E-state index contributed by atoms with van der Waals surface area (Å²) in [6.07, 6.45) is 0. The first kappa shape index (κ1) is 15.6. The molecule has 3 nitrogen and oxygen atoms in total. The highest BCUT2D eigenvalue weighted by atomic mass is 79.9. The van der Waals surface area contributed by atoms with Crippen LogP contribution >= 0.6 is 15.9 Å². The molecular weight excluding hydrogens is 332 g/mol. The van der Waals surface area contributed by atoms with E-state index in [4.69, 9.17) is 9.47 Å². The van der Waals surface area contributed by atoms with Crippen molar-refractivity contribution in [2.24, 2.45) is 0 Å². The van der Waals surface area contributed by atoms with Gasteiger partial charge >= 0.3 is 0 Å². The summed E-state index contributed by atoms with van der Waals surface area (Å²) in [7, 11) is 3.14. The van der Waals surface area contributed by atoms with Gasteiger partial charge in [-0.1, -0.05) is 28.1 Å². The minimum absolute atomic E-state index is 0.0332. The second kappa shape index (κ2) is 6.31. The molecule has 21 heavy (non-hydrogen) atoms. The molecule has 4 heteroatoms. The minimum atomic E-state index is -0.0332. The van der Waals surface area contributed by atoms with Gasteiger partial charge in [0.05, 0.1) is 14.2 Å². The molecule has 2 aromatic carbocycles. The fourth-order valence-corrected chi connectivity index (χ4v) is 2.49. The first-order valence-electron chi connectivity index (χ1n) is 6.51. The summed E-state index contributed by atoms with van der Waals surface area (Å²) in [6, 6.07) is 9.14. The highest BCUT2D eigenvalue weighted by Crippen LogP contribution is 2.31. The summed E-state index contributed by atoms with van der Waals surface area (Å²) in [5.74, 6) is 1.14. The van der Waals surface area contributed by atoms with Crippen molar-refractivity contribution in [3.63, 3.8) is 0 Å². The molecule has 0 aliphatic carbocycles. The normalized spacial score (nSPS) is 10.3. The average Bonchev–Trinajstić information content (AvgIpc) is 2.49. The highest BCUT2D eigenvalue weighted by Gasteiger charge is 2.16. The van der Waals surface area contributed by atoms with Gasteiger partial charge in [-0.25, -0.2) is 0 Å². The van der Waals surface area contributed by atoms with Crippen LogP contribution in [0.4, 0.5) is 0 Å². The first-order chi connectivity index (χ1) is 9.97. The number of carbonyl (C=O) groups excluding carboxylic acids is 1. The summed E-state index contributed by atoms with van der Waals surface area (Å²) in [5, 5.41) is 0. The van der Waals surface area contributed by atoms with E-state index in [0.29, 0.717) is 22.6 Å². The van der Waals surface area contributed by atoms with Gasteiger partial charge in [0.25, 0.3) is 0 Å². The highest BCUT2D eigenvalue weighted by molar-refractivity contribution is 9.10. The Morgan fingerprint density at radius 2 is 1.57 bits per heavy atom. The third-order valence-corrected chi connectivity index (χ3v) is 4.26. The van der Waals surface area contributed by atoms with Crippen LogP contribution in [0.1, 0.15) is 27.0 Å². The maximum absolute atomic E-state index is 12.7. The average molecular weight is 349 g/mol. The van der Waals surface area contributed by atoms with Crippen LogP contribution < -0.4 is 9.47 Å². The third kappa shape index (κ3) is 3.10. The van der Waals surface area contributed by atoms with Crippen molar-refractivity contribution in [3.05, 3.63) is 57.1 Å². The van der Waals surface area contributed by atoms with E-state index in [-0.39, 0.29) is 5.78 Å². The van der Waals surface area contributed by atoms with Crippen LogP contribution in [0.5, 0.6) is 11.5 Å². The van der Waals surface area contributed by atoms with Gasteiger partial charge < -0.3 is 9.47 Å². The number of benzene rings is 2. The van der Waals surface area contributed by atoms with E-state index >= 15 is 0 Å². The fraction of sp³-hybridized carbons (Fsp3) is 0.235. The number of hydrogen-bond donors (Lipinski definition) is 0. The van der Waals surface area contributed by atoms with E-state index in [1.54, 1.807) is 20.3 Å². The van der Waals surface area contributed by atoms with Crippen molar-refractivity contribution in [2.75, 3.05) is 14.2 Å². The lowest BCUT2D eigenvalue weighted by molar-refractivity contribution is 0.103. The van der Waals surface area contributed by atoms with Crippen molar-refractivity contribution in [1.29, 1.82) is 0 Å². The van der Waals surface area contributed by atoms with Crippen molar-refractivity contribution in [2.45, 2.75) is 13.8 Å². The largest absolute Gasteiger partial charge is 0.493 e. The predicted octanol–water partition coefficient (Wildman–Crippen LogP) is 4.31. The number of rotatable bonds is 4. The van der Waals surface area contributed by atoms with E-state index in [1.165, 1.54) is 0 Å². The Labute approximate surface area is 133 Å². The summed E-state index contributed by atoms with van der Waals surface area (Å²) >= 11 is 3.46. The van der Waals surface area contributed by atoms with Gasteiger partial charge in [-0.2, -0.15) is 0 Å². The SMILES string of the molecule is COc1cc(C)c(C(=O)c2ccc(C)c(Br)c2)cc1OC. The van der Waals surface area contributed by atoms with Crippen LogP contribution in [0, 0.1) is 13.8 Å². The van der Waals surface area contributed by atoms with Crippen LogP contribution in [0.15, 0.2) is 34.8 Å². The van der Waals surface area contributed by atoms with Gasteiger partial charge in [0.1, 0.15) is 0 Å². The molecule has 0 aliphatic rings. The van der Waals surface area contributed by atoms with Gasteiger partial charge in [-0.15, -0.1) is 0 Å². The maximum atomic E-state index is 12.7. The zero-order valence-corrected chi connectivity index (χ0v) is 14.1. The number of ether oxygens (including phenoxy) is 2. The van der Waals surface area contributed by atoms with Crippen molar-refractivity contribution in [3.8, 4) is 11.5 Å². The molecule has 0 N–H and O–H groups in total. The number of aryl methyl sites for hydroxylation is 2. The smallest absolute Gasteiger partial charge is 0.193 e. The third-order valence-electron chi connectivity index (χ3n) is 3.41. The Balaban J connectivity index is 2.50. The lowest BCUT2D eigenvalue weighted by atomic mass is 9.98. The van der Waals surface area contributed by atoms with Crippen LogP contribution in [0.3, 0.4) is 0 Å². The number of methoxy groups -OCH3 is 2. The standard InChI is InChI=1S/C17H17BrO3/c1-10-5-6-12(8-14(10)18)17(19)13-9-16(21-4)15(20-3)7-11(13)2/h5-9H,1-4H3. The van der Waals surface area contributed by atoms with E-state index in [9.17, 15) is 4.79 Å². The van der Waals surface area contributed by atoms with Crippen molar-refractivity contribution < 1.29 is 14.3 Å². The van der Waals surface area contributed by atoms with Crippen molar-refractivity contribution >= 4 is 21.7 Å². The second-order valence-corrected chi connectivity index (χ2v) is 5.67. The van der Waals surface area contributed by atoms with Gasteiger partial charge in [-0.05, 0) is 43.2 Å². The molecule has 0 unspecified atom stereocenters. The van der Waals surface area contributed by atoms with E-state index in [2.05, 4.69) is 15.9 Å². The second-order valence-electron chi connectivity index (χ2n) is 4.82. The molecule has 0 amide bonds. The lowest BCUT2D eigenvalue weighted by Crippen LogP contribution is -2.05. The zero-order valence-electron chi connectivity index (χ0n) is 12.5. The monoisotopic (exact) mass is 348 g/mol. The molecule has 0 heterocycles. The topological polar surface area (TPSA) is 35.5 Å². The molecule has 0 radical (unpaired) electrons. The Kier molecular flexibility index (Phi) is 4.68. The maximum Gasteiger partial charge on any atom is 0.193 e. The molecule has 0 spiro atoms. The molecule has 110 valence electrons. The molecule has 0 aromatic heterocycles. The van der Waals surface area contributed by atoms with Crippen LogP contribution in [0.2, 0.25) is 0 Å². The van der Waals surface area contributed by atoms with Gasteiger partial charge in [0.2, 0.25) is 0 Å². The molecule has 2 aromatic rings. The van der Waals surface area contributed by atoms with Crippen molar-refractivity contribution in [1.82, 2.24) is 0 Å². The first-order valence-corrected chi connectivity index (χ1v) is 7.30. The number of hydrogen-bond acceptors (Lipinski definition) is 3. The van der Waals surface area contributed by atoms with Crippen LogP contribution in [-0.2, 0) is 0 Å². The summed E-state index contributed by atoms with van der Waals surface area (Å²) in [5.41, 5.74) is 3.20. The minimum Gasteiger partial charge on any atom is -0.493 e. The predicted molar refractivity (Wildman–Crippen MR) is 86.6 cm³/mol. The van der Waals surface area contributed by atoms with Gasteiger partial charge in [-0.3, -0.25) is 4.79 Å². The number of ketones is 1. The summed E-state index contributed by atoms with van der Waals surface area (Å²) in [6.45, 7) is 3.87. The van der Waals surface area contributed by atoms with E-state index in [1.807, 2.05) is 38.1 Å². The molecule has 0 fully saturated rings. The van der Waals surface area contributed by atoms with E-state index in [0.717, 1.165) is 15.6 Å². The molecule has 0 atom stereocenters. The molecule has 0 saturated heterocycles. The number of halogens is 1. The summed E-state index contributed by atoms with van der Waals surface area (Å²) in [4.78, 5) is 12.7. The van der Waals surface area contributed by atoms with E-state index < -0.39 is 0 Å². The molecule has 0 bridgehead atoms. The Hall–Kier alpha value is -1.81. The Morgan fingerprint density at radius 1 is 0.952 bits per heavy atom. The summed E-state index contributed by atoms with van der Waals surface area (Å²) < 4.78 is 11.4. The lowest BCUT2D eigenvalue weighted by Gasteiger charge is -2.12. The Bertz CT molecular complexity index is 693.